The van der Waals surface area contributed by atoms with Gasteiger partial charge in [0.1, 0.15) is 5.82 Å². The molecule has 0 aliphatic carbocycles. The molecule has 0 amide bonds. The van der Waals surface area contributed by atoms with Gasteiger partial charge in [-0.2, -0.15) is 9.36 Å². The van der Waals surface area contributed by atoms with Crippen LogP contribution in [-0.2, 0) is 0 Å². The van der Waals surface area contributed by atoms with Crippen LogP contribution in [0.5, 0.6) is 0 Å². The first-order valence-corrected chi connectivity index (χ1v) is 10.3. The summed E-state index contributed by atoms with van der Waals surface area (Å²) in [6.45, 7) is 4.31. The van der Waals surface area contributed by atoms with Gasteiger partial charge in [-0.1, -0.05) is 11.6 Å². The third-order valence-corrected chi connectivity index (χ3v) is 6.71. The molecule has 0 radical (unpaired) electrons. The van der Waals surface area contributed by atoms with Crippen molar-refractivity contribution in [2.75, 3.05) is 36.0 Å². The van der Waals surface area contributed by atoms with E-state index in [1.807, 2.05) is 12.1 Å². The summed E-state index contributed by atoms with van der Waals surface area (Å²) in [7, 11) is 0. The molecule has 0 N–H and O–H groups in total. The fraction of sp³-hybridized carbons (Fsp3) is 0.588. The van der Waals surface area contributed by atoms with Crippen molar-refractivity contribution in [3.8, 4) is 0 Å². The van der Waals surface area contributed by atoms with Crippen LogP contribution in [0.4, 0.5) is 10.9 Å². The Hall–Kier alpha value is -1.11. The van der Waals surface area contributed by atoms with E-state index in [1.54, 1.807) is 6.20 Å². The van der Waals surface area contributed by atoms with E-state index in [1.165, 1.54) is 37.2 Å². The van der Waals surface area contributed by atoms with Crippen LogP contribution in [0.25, 0.3) is 0 Å². The molecule has 0 aromatic carbocycles. The van der Waals surface area contributed by atoms with Crippen LogP contribution < -0.4 is 9.80 Å². The van der Waals surface area contributed by atoms with Crippen molar-refractivity contribution in [2.45, 2.75) is 25.7 Å². The van der Waals surface area contributed by atoms with Gasteiger partial charge in [-0.05, 0) is 61.3 Å². The summed E-state index contributed by atoms with van der Waals surface area (Å²) in [5.74, 6) is 2.69. The Balaban J connectivity index is 1.28. The highest BCUT2D eigenvalue weighted by atomic mass is 35.5. The second-order valence-corrected chi connectivity index (χ2v) is 8.33. The summed E-state index contributed by atoms with van der Waals surface area (Å²) in [6, 6.07) is 3.94. The Morgan fingerprint density at radius 3 is 2.08 bits per heavy atom. The van der Waals surface area contributed by atoms with E-state index in [-0.39, 0.29) is 0 Å². The zero-order valence-electron chi connectivity index (χ0n) is 13.9. The van der Waals surface area contributed by atoms with Crippen molar-refractivity contribution in [1.82, 2.24) is 14.3 Å². The minimum atomic E-state index is 0.366. The van der Waals surface area contributed by atoms with Crippen molar-refractivity contribution in [1.29, 1.82) is 0 Å². The number of nitrogens with zero attached hydrogens (tertiary/aromatic N) is 5. The van der Waals surface area contributed by atoms with Gasteiger partial charge < -0.3 is 9.80 Å². The SMILES string of the molecule is Clc1ccc(N2CCC(C3CCN(c4nc(Cl)ns4)CC3)CC2)nc1. The van der Waals surface area contributed by atoms with E-state index in [2.05, 4.69) is 24.1 Å². The molecule has 4 heterocycles. The molecule has 0 unspecified atom stereocenters. The summed E-state index contributed by atoms with van der Waals surface area (Å²) in [5, 5.41) is 2.03. The van der Waals surface area contributed by atoms with Gasteiger partial charge in [-0.25, -0.2) is 4.98 Å². The second kappa shape index (κ2) is 7.64. The smallest absolute Gasteiger partial charge is 0.236 e. The molecule has 0 atom stereocenters. The monoisotopic (exact) mass is 397 g/mol. The Kier molecular flexibility index (Phi) is 5.29. The summed E-state index contributed by atoms with van der Waals surface area (Å²) >= 11 is 13.2. The lowest BCUT2D eigenvalue weighted by molar-refractivity contribution is 0.233. The predicted molar refractivity (Wildman–Crippen MR) is 104 cm³/mol. The van der Waals surface area contributed by atoms with E-state index in [9.17, 15) is 0 Å². The van der Waals surface area contributed by atoms with Crippen LogP contribution in [0.2, 0.25) is 10.3 Å². The maximum Gasteiger partial charge on any atom is 0.236 e. The van der Waals surface area contributed by atoms with Crippen molar-refractivity contribution in [3.05, 3.63) is 28.6 Å². The fourth-order valence-corrected chi connectivity index (χ4v) is 5.01. The molecular weight excluding hydrogens is 377 g/mol. The van der Waals surface area contributed by atoms with Crippen molar-refractivity contribution >= 4 is 45.7 Å². The van der Waals surface area contributed by atoms with Crippen LogP contribution in [0, 0.1) is 11.8 Å². The molecule has 2 aliphatic heterocycles. The predicted octanol–water partition coefficient (Wildman–Crippen LogP) is 4.37. The number of hydrogen-bond donors (Lipinski definition) is 0. The molecule has 0 spiro atoms. The molecule has 4 rings (SSSR count). The number of aromatic nitrogens is 3. The molecule has 0 bridgehead atoms. The van der Waals surface area contributed by atoms with Gasteiger partial charge in [0, 0.05) is 43.9 Å². The number of pyridine rings is 1. The third-order valence-electron chi connectivity index (χ3n) is 5.44. The van der Waals surface area contributed by atoms with Crippen molar-refractivity contribution in [2.24, 2.45) is 11.8 Å². The van der Waals surface area contributed by atoms with E-state index >= 15 is 0 Å². The van der Waals surface area contributed by atoms with Gasteiger partial charge in [-0.15, -0.1) is 0 Å². The first kappa shape index (κ1) is 17.3. The highest BCUT2D eigenvalue weighted by molar-refractivity contribution is 7.10. The van der Waals surface area contributed by atoms with Gasteiger partial charge >= 0.3 is 0 Å². The standard InChI is InChI=1S/C17H21Cl2N5S/c18-14-1-2-15(20-11-14)23-7-3-12(4-8-23)13-5-9-24(10-6-13)17-21-16(19)22-25-17/h1-2,11-13H,3-10H2. The number of rotatable bonds is 3. The lowest BCUT2D eigenvalue weighted by Gasteiger charge is -2.40. The molecule has 2 aliphatic rings. The average molecular weight is 398 g/mol. The molecule has 8 heteroatoms. The molecule has 2 fully saturated rings. The van der Waals surface area contributed by atoms with E-state index < -0.39 is 0 Å². The van der Waals surface area contributed by atoms with Crippen LogP contribution in [0.3, 0.4) is 0 Å². The van der Waals surface area contributed by atoms with Crippen LogP contribution in [-0.4, -0.2) is 40.5 Å². The van der Waals surface area contributed by atoms with E-state index in [0.717, 1.165) is 49.0 Å². The van der Waals surface area contributed by atoms with Gasteiger partial charge in [-0.3, -0.25) is 0 Å². The lowest BCUT2D eigenvalue weighted by atomic mass is 9.79. The Morgan fingerprint density at radius 1 is 0.920 bits per heavy atom. The molecule has 5 nitrogen and oxygen atoms in total. The minimum Gasteiger partial charge on any atom is -0.357 e. The highest BCUT2D eigenvalue weighted by Crippen LogP contribution is 2.35. The zero-order valence-corrected chi connectivity index (χ0v) is 16.3. The van der Waals surface area contributed by atoms with Crippen molar-refractivity contribution in [3.63, 3.8) is 0 Å². The summed E-state index contributed by atoms with van der Waals surface area (Å²) in [6.07, 6.45) is 6.71. The molecule has 2 saturated heterocycles. The number of halogens is 2. The molecule has 25 heavy (non-hydrogen) atoms. The average Bonchev–Trinajstić information content (AvgIpc) is 3.09. The van der Waals surface area contributed by atoms with Gasteiger partial charge in [0.15, 0.2) is 0 Å². The normalized spacial score (nSPS) is 20.2. The lowest BCUT2D eigenvalue weighted by Crippen LogP contribution is -2.41. The summed E-state index contributed by atoms with van der Waals surface area (Å²) in [4.78, 5) is 13.5. The summed E-state index contributed by atoms with van der Waals surface area (Å²) in [5.41, 5.74) is 0. The molecule has 2 aromatic rings. The number of hydrogen-bond acceptors (Lipinski definition) is 6. The quantitative estimate of drug-likeness (QED) is 0.768. The molecule has 2 aromatic heterocycles. The van der Waals surface area contributed by atoms with Crippen molar-refractivity contribution < 1.29 is 0 Å². The topological polar surface area (TPSA) is 45.2 Å². The third kappa shape index (κ3) is 4.01. The maximum atomic E-state index is 5.93. The first-order valence-electron chi connectivity index (χ1n) is 8.80. The van der Waals surface area contributed by atoms with Gasteiger partial charge in [0.2, 0.25) is 10.4 Å². The Morgan fingerprint density at radius 2 is 1.56 bits per heavy atom. The molecule has 134 valence electrons. The van der Waals surface area contributed by atoms with Gasteiger partial charge in [0.25, 0.3) is 0 Å². The second-order valence-electron chi connectivity index (χ2n) is 6.83. The van der Waals surface area contributed by atoms with E-state index in [4.69, 9.17) is 23.2 Å². The molecular formula is C17H21Cl2N5S. The van der Waals surface area contributed by atoms with Crippen LogP contribution in [0.1, 0.15) is 25.7 Å². The largest absolute Gasteiger partial charge is 0.357 e. The highest BCUT2D eigenvalue weighted by Gasteiger charge is 2.30. The van der Waals surface area contributed by atoms with Crippen LogP contribution >= 0.6 is 34.7 Å². The Labute approximate surface area is 162 Å². The van der Waals surface area contributed by atoms with Crippen LogP contribution in [0.15, 0.2) is 18.3 Å². The minimum absolute atomic E-state index is 0.366. The fourth-order valence-electron chi connectivity index (χ4n) is 4.04. The Bertz CT molecular complexity index is 691. The number of anilines is 2. The van der Waals surface area contributed by atoms with Gasteiger partial charge in [0.05, 0.1) is 5.02 Å². The summed E-state index contributed by atoms with van der Waals surface area (Å²) < 4.78 is 4.08. The van der Waals surface area contributed by atoms with E-state index in [0.29, 0.717) is 10.3 Å². The number of piperidine rings is 2. The molecule has 0 saturated carbocycles. The maximum absolute atomic E-state index is 5.93. The first-order chi connectivity index (χ1) is 12.2. The zero-order chi connectivity index (χ0) is 17.2.